The number of hydrogen-bond acceptors (Lipinski definition) is 9. The molecule has 0 bridgehead atoms. The van der Waals surface area contributed by atoms with E-state index in [1.807, 2.05) is 6.07 Å². The second-order valence-electron chi connectivity index (χ2n) is 7.54. The third kappa shape index (κ3) is 3.81. The Balaban J connectivity index is 1.51. The van der Waals surface area contributed by atoms with Gasteiger partial charge in [0.15, 0.2) is 6.29 Å². The summed E-state index contributed by atoms with van der Waals surface area (Å²) in [5.74, 6) is -0.341. The number of rotatable bonds is 5. The second-order valence-corrected chi connectivity index (χ2v) is 7.54. The molecule has 1 saturated heterocycles. The van der Waals surface area contributed by atoms with Gasteiger partial charge >= 0.3 is 5.97 Å². The molecule has 1 aliphatic carbocycles. The number of aliphatic hydroxyl groups is 5. The van der Waals surface area contributed by atoms with Crippen molar-refractivity contribution in [3.05, 3.63) is 58.9 Å². The molecule has 7 unspecified atom stereocenters. The maximum absolute atomic E-state index is 12.4. The van der Waals surface area contributed by atoms with E-state index in [1.165, 1.54) is 0 Å². The zero-order valence-corrected chi connectivity index (χ0v) is 16.0. The average molecular weight is 420 g/mol. The van der Waals surface area contributed by atoms with Gasteiger partial charge in [-0.1, -0.05) is 30.3 Å². The number of carbonyl (C=O) groups excluding carboxylic acids is 1. The summed E-state index contributed by atoms with van der Waals surface area (Å²) in [6.07, 6.45) is -6.23. The zero-order chi connectivity index (χ0) is 21.4. The van der Waals surface area contributed by atoms with Gasteiger partial charge in [0, 0.05) is 5.57 Å². The number of allylic oxidation sites excluding steroid dienone is 1. The van der Waals surface area contributed by atoms with E-state index < -0.39 is 55.5 Å². The summed E-state index contributed by atoms with van der Waals surface area (Å²) in [6, 6.07) is 8.80. The van der Waals surface area contributed by atoms with E-state index in [-0.39, 0.29) is 11.3 Å². The van der Waals surface area contributed by atoms with Crippen LogP contribution in [-0.2, 0) is 19.0 Å². The van der Waals surface area contributed by atoms with Gasteiger partial charge in [0.25, 0.3) is 0 Å². The van der Waals surface area contributed by atoms with E-state index in [9.17, 15) is 30.3 Å². The molecule has 1 aromatic carbocycles. The lowest BCUT2D eigenvalue weighted by Gasteiger charge is -2.40. The lowest BCUT2D eigenvalue weighted by molar-refractivity contribution is -0.308. The Bertz CT molecular complexity index is 847. The van der Waals surface area contributed by atoms with Crippen molar-refractivity contribution in [2.24, 2.45) is 0 Å². The minimum atomic E-state index is -1.54. The van der Waals surface area contributed by atoms with Crippen LogP contribution in [0, 0.1) is 0 Å². The Morgan fingerprint density at radius 3 is 2.53 bits per heavy atom. The van der Waals surface area contributed by atoms with Gasteiger partial charge in [0.1, 0.15) is 36.3 Å². The number of benzene rings is 1. The second kappa shape index (κ2) is 8.56. The van der Waals surface area contributed by atoms with Crippen LogP contribution in [0.15, 0.2) is 53.3 Å². The number of carbonyl (C=O) groups is 1. The van der Waals surface area contributed by atoms with E-state index in [4.69, 9.17) is 14.2 Å². The summed E-state index contributed by atoms with van der Waals surface area (Å²) in [5.41, 5.74) is 1.38. The molecule has 2 heterocycles. The van der Waals surface area contributed by atoms with E-state index in [2.05, 4.69) is 0 Å². The van der Waals surface area contributed by atoms with Crippen molar-refractivity contribution in [1.82, 2.24) is 0 Å². The van der Waals surface area contributed by atoms with Crippen LogP contribution in [0.25, 0.3) is 0 Å². The Morgan fingerprint density at radius 2 is 1.83 bits per heavy atom. The van der Waals surface area contributed by atoms with Crippen LogP contribution in [0.1, 0.15) is 24.5 Å². The van der Waals surface area contributed by atoms with Crippen molar-refractivity contribution < 1.29 is 44.5 Å². The summed E-state index contributed by atoms with van der Waals surface area (Å²) < 4.78 is 16.4. The SMILES string of the molecule is O=C1OC2=CC(OC3OC(CO)C(O)C(O)C3O)CCC2=C1C(O)c1ccccc1. The fourth-order valence-electron chi connectivity index (χ4n) is 3.94. The van der Waals surface area contributed by atoms with Gasteiger partial charge in [-0.25, -0.2) is 4.79 Å². The molecule has 4 rings (SSSR count). The van der Waals surface area contributed by atoms with Crippen molar-refractivity contribution in [3.63, 3.8) is 0 Å². The minimum absolute atomic E-state index is 0.193. The highest BCUT2D eigenvalue weighted by molar-refractivity contribution is 5.96. The molecule has 9 heteroatoms. The fourth-order valence-corrected chi connectivity index (χ4v) is 3.94. The standard InChI is InChI=1S/C21H24O9/c22-9-14-17(24)18(25)19(26)21(30-14)28-11-6-7-12-13(8-11)29-20(27)15(12)16(23)10-4-2-1-3-5-10/h1-5,8,11,14,16-19,21-26H,6-7,9H2. The van der Waals surface area contributed by atoms with Gasteiger partial charge in [-0.05, 0) is 24.5 Å². The van der Waals surface area contributed by atoms with Crippen molar-refractivity contribution in [3.8, 4) is 0 Å². The summed E-state index contributed by atoms with van der Waals surface area (Å²) in [5, 5.41) is 49.8. The molecule has 0 radical (unpaired) electrons. The quantitative estimate of drug-likeness (QED) is 0.396. The minimum Gasteiger partial charge on any atom is -0.423 e. The predicted molar refractivity (Wildman–Crippen MR) is 100 cm³/mol. The molecular formula is C21H24O9. The van der Waals surface area contributed by atoms with Gasteiger partial charge < -0.3 is 39.7 Å². The Hall–Kier alpha value is -2.11. The number of aliphatic hydroxyl groups excluding tert-OH is 5. The molecule has 5 N–H and O–H groups in total. The molecule has 2 aliphatic heterocycles. The van der Waals surface area contributed by atoms with Crippen LogP contribution in [0.5, 0.6) is 0 Å². The molecule has 0 aromatic heterocycles. The number of esters is 1. The number of hydrogen-bond donors (Lipinski definition) is 5. The summed E-state index contributed by atoms with van der Waals surface area (Å²) in [4.78, 5) is 12.4. The molecule has 1 aromatic rings. The monoisotopic (exact) mass is 420 g/mol. The molecule has 162 valence electrons. The predicted octanol–water partition coefficient (Wildman–Crippen LogP) is -0.564. The van der Waals surface area contributed by atoms with E-state index in [1.54, 1.807) is 30.3 Å². The van der Waals surface area contributed by atoms with Crippen LogP contribution in [0.2, 0.25) is 0 Å². The molecule has 9 nitrogen and oxygen atoms in total. The van der Waals surface area contributed by atoms with Crippen molar-refractivity contribution in [1.29, 1.82) is 0 Å². The normalized spacial score (nSPS) is 35.0. The average Bonchev–Trinajstić information content (AvgIpc) is 3.09. The fraction of sp³-hybridized carbons (Fsp3) is 0.476. The molecule has 7 atom stereocenters. The third-order valence-corrected chi connectivity index (χ3v) is 5.61. The summed E-state index contributed by atoms with van der Waals surface area (Å²) in [7, 11) is 0. The molecule has 30 heavy (non-hydrogen) atoms. The first kappa shape index (κ1) is 21.1. The van der Waals surface area contributed by atoms with Crippen molar-refractivity contribution in [2.75, 3.05) is 6.61 Å². The largest absolute Gasteiger partial charge is 0.423 e. The van der Waals surface area contributed by atoms with Crippen LogP contribution in [0.3, 0.4) is 0 Å². The summed E-state index contributed by atoms with van der Waals surface area (Å²) >= 11 is 0. The topological polar surface area (TPSA) is 146 Å². The van der Waals surface area contributed by atoms with E-state index >= 15 is 0 Å². The Labute approximate surface area is 172 Å². The van der Waals surface area contributed by atoms with Crippen LogP contribution in [-0.4, -0.2) is 74.9 Å². The van der Waals surface area contributed by atoms with Crippen LogP contribution in [0.4, 0.5) is 0 Å². The van der Waals surface area contributed by atoms with Crippen molar-refractivity contribution in [2.45, 2.75) is 55.8 Å². The smallest absolute Gasteiger partial charge is 0.342 e. The lowest BCUT2D eigenvalue weighted by Crippen LogP contribution is -2.59. The van der Waals surface area contributed by atoms with Gasteiger partial charge in [0.2, 0.25) is 0 Å². The molecular weight excluding hydrogens is 396 g/mol. The van der Waals surface area contributed by atoms with Gasteiger partial charge in [-0.3, -0.25) is 0 Å². The zero-order valence-electron chi connectivity index (χ0n) is 16.0. The molecule has 3 aliphatic rings. The Kier molecular flexibility index (Phi) is 6.03. The molecule has 0 spiro atoms. The van der Waals surface area contributed by atoms with Crippen LogP contribution >= 0.6 is 0 Å². The maximum atomic E-state index is 12.4. The lowest BCUT2D eigenvalue weighted by atomic mass is 9.91. The highest BCUT2D eigenvalue weighted by Gasteiger charge is 2.45. The molecule has 1 fully saturated rings. The molecule has 0 saturated carbocycles. The highest BCUT2D eigenvalue weighted by atomic mass is 16.7. The van der Waals surface area contributed by atoms with Gasteiger partial charge in [-0.15, -0.1) is 0 Å². The van der Waals surface area contributed by atoms with Crippen LogP contribution < -0.4 is 0 Å². The maximum Gasteiger partial charge on any atom is 0.342 e. The number of fused-ring (bicyclic) bond motifs is 1. The Morgan fingerprint density at radius 1 is 1.10 bits per heavy atom. The third-order valence-electron chi connectivity index (χ3n) is 5.61. The first-order valence-corrected chi connectivity index (χ1v) is 9.77. The van der Waals surface area contributed by atoms with E-state index in [0.717, 1.165) is 0 Å². The first-order valence-electron chi connectivity index (χ1n) is 9.77. The van der Waals surface area contributed by atoms with Gasteiger partial charge in [0.05, 0.1) is 18.3 Å². The van der Waals surface area contributed by atoms with Gasteiger partial charge in [-0.2, -0.15) is 0 Å². The highest BCUT2D eigenvalue weighted by Crippen LogP contribution is 2.40. The summed E-state index contributed by atoms with van der Waals surface area (Å²) in [6.45, 7) is -0.554. The molecule has 0 amide bonds. The number of ether oxygens (including phenoxy) is 3. The first-order chi connectivity index (χ1) is 14.4. The van der Waals surface area contributed by atoms with Crippen molar-refractivity contribution >= 4 is 5.97 Å². The van der Waals surface area contributed by atoms with E-state index in [0.29, 0.717) is 24.0 Å².